The number of nitrogens with zero attached hydrogens (tertiary/aromatic N) is 3. The van der Waals surface area contributed by atoms with Gasteiger partial charge in [0, 0.05) is 23.3 Å². The summed E-state index contributed by atoms with van der Waals surface area (Å²) in [6, 6.07) is 30.4. The summed E-state index contributed by atoms with van der Waals surface area (Å²) in [6.07, 6.45) is 3.85. The Balaban J connectivity index is 1.98. The van der Waals surface area contributed by atoms with Gasteiger partial charge in [-0.25, -0.2) is 4.99 Å². The van der Waals surface area contributed by atoms with E-state index in [2.05, 4.69) is 41.8 Å². The van der Waals surface area contributed by atoms with Gasteiger partial charge in [0.1, 0.15) is 11.6 Å². The number of unbranched alkanes of at least 4 members (excludes halogenated alkanes) is 1. The molecule has 0 spiro atoms. The van der Waals surface area contributed by atoms with E-state index in [0.717, 1.165) is 47.3 Å². The van der Waals surface area contributed by atoms with Crippen LogP contribution in [0.25, 0.3) is 22.4 Å². The molecular weight excluding hydrogens is 414 g/mol. The number of hydrogen-bond donors (Lipinski definition) is 0. The monoisotopic (exact) mass is 437 g/mol. The molecule has 0 fully saturated rings. The summed E-state index contributed by atoms with van der Waals surface area (Å²) in [5.74, 6) is 0.689. The summed E-state index contributed by atoms with van der Waals surface area (Å²) in [5, 5.41) is 10.9. The molecule has 4 aromatic rings. The van der Waals surface area contributed by atoms with E-state index in [1.165, 1.54) is 0 Å². The van der Waals surface area contributed by atoms with Gasteiger partial charge in [0.2, 0.25) is 0 Å². The Morgan fingerprint density at radius 3 is 2.12 bits per heavy atom. The Morgan fingerprint density at radius 1 is 0.906 bits per heavy atom. The first-order valence-electron chi connectivity index (χ1n) is 10.8. The zero-order valence-electron chi connectivity index (χ0n) is 18.0. The molecule has 0 atom stereocenters. The number of aliphatic imine (C=N–C) groups is 1. The maximum absolute atomic E-state index is 10.2. The van der Waals surface area contributed by atoms with Crippen LogP contribution in [0.3, 0.4) is 0 Å². The molecule has 1 aromatic heterocycles. The molecule has 0 N–H and O–H groups in total. The topological polar surface area (TPSA) is 41.1 Å². The van der Waals surface area contributed by atoms with Gasteiger partial charge < -0.3 is 4.57 Å². The van der Waals surface area contributed by atoms with Crippen LogP contribution >= 0.6 is 11.6 Å². The van der Waals surface area contributed by atoms with Gasteiger partial charge in [0.15, 0.2) is 5.82 Å². The molecule has 1 heterocycles. The van der Waals surface area contributed by atoms with Gasteiger partial charge in [-0.15, -0.1) is 0 Å². The van der Waals surface area contributed by atoms with Crippen LogP contribution < -0.4 is 0 Å². The zero-order valence-corrected chi connectivity index (χ0v) is 18.8. The minimum Gasteiger partial charge on any atom is -0.324 e. The second kappa shape index (κ2) is 10.1. The Morgan fingerprint density at radius 2 is 1.53 bits per heavy atom. The highest BCUT2D eigenvalue weighted by Crippen LogP contribution is 2.42. The second-order valence-electron chi connectivity index (χ2n) is 7.58. The highest BCUT2D eigenvalue weighted by atomic mass is 35.5. The molecule has 0 aliphatic carbocycles. The molecule has 0 aliphatic rings. The third-order valence-electron chi connectivity index (χ3n) is 5.40. The normalized spacial score (nSPS) is 11.0. The highest BCUT2D eigenvalue weighted by molar-refractivity contribution is 6.30. The van der Waals surface area contributed by atoms with Crippen molar-refractivity contribution in [3.63, 3.8) is 0 Å². The van der Waals surface area contributed by atoms with Crippen molar-refractivity contribution in [2.24, 2.45) is 4.99 Å². The van der Waals surface area contributed by atoms with Gasteiger partial charge in [-0.1, -0.05) is 97.7 Å². The largest absolute Gasteiger partial charge is 0.324 e. The van der Waals surface area contributed by atoms with Crippen molar-refractivity contribution in [1.82, 2.24) is 4.57 Å². The lowest BCUT2D eigenvalue weighted by Crippen LogP contribution is -2.00. The Bertz CT molecular complexity index is 1250. The van der Waals surface area contributed by atoms with Gasteiger partial charge in [-0.2, -0.15) is 5.26 Å². The van der Waals surface area contributed by atoms with Crippen LogP contribution in [-0.2, 0) is 6.54 Å². The Kier molecular flexibility index (Phi) is 6.84. The van der Waals surface area contributed by atoms with Crippen molar-refractivity contribution in [2.75, 3.05) is 0 Å². The van der Waals surface area contributed by atoms with Crippen molar-refractivity contribution < 1.29 is 0 Å². The van der Waals surface area contributed by atoms with Gasteiger partial charge in [-0.05, 0) is 35.2 Å². The lowest BCUT2D eigenvalue weighted by atomic mass is 9.98. The molecule has 158 valence electrons. The maximum atomic E-state index is 10.2. The third kappa shape index (κ3) is 4.51. The molecule has 0 bridgehead atoms. The lowest BCUT2D eigenvalue weighted by molar-refractivity contribution is 0.642. The summed E-state index contributed by atoms with van der Waals surface area (Å²) in [6.45, 7) is 2.96. The number of halogens is 1. The maximum Gasteiger partial charge on any atom is 0.151 e. The van der Waals surface area contributed by atoms with Crippen molar-refractivity contribution in [3.8, 4) is 28.5 Å². The fourth-order valence-electron chi connectivity index (χ4n) is 3.85. The molecule has 3 nitrogen and oxygen atoms in total. The molecule has 0 amide bonds. The zero-order chi connectivity index (χ0) is 22.3. The Hall–Kier alpha value is -3.61. The minimum atomic E-state index is 0.594. The fraction of sp³-hybridized carbons (Fsp3) is 0.143. The average molecular weight is 438 g/mol. The number of hydrogen-bond acceptors (Lipinski definition) is 2. The lowest BCUT2D eigenvalue weighted by Gasteiger charge is -2.13. The molecule has 0 saturated carbocycles. The first-order valence-corrected chi connectivity index (χ1v) is 11.2. The Labute approximate surface area is 194 Å². The average Bonchev–Trinajstić information content (AvgIpc) is 3.16. The van der Waals surface area contributed by atoms with E-state index < -0.39 is 0 Å². The van der Waals surface area contributed by atoms with Crippen LogP contribution in [0.15, 0.2) is 89.9 Å². The van der Waals surface area contributed by atoms with Crippen LogP contribution in [0.5, 0.6) is 0 Å². The van der Waals surface area contributed by atoms with Crippen LogP contribution in [0.4, 0.5) is 5.82 Å². The predicted molar refractivity (Wildman–Crippen MR) is 134 cm³/mol. The number of nitriles is 1. The van der Waals surface area contributed by atoms with Crippen LogP contribution in [-0.4, -0.2) is 10.8 Å². The predicted octanol–water partition coefficient (Wildman–Crippen LogP) is 7.90. The van der Waals surface area contributed by atoms with E-state index in [4.69, 9.17) is 16.6 Å². The molecule has 4 heteroatoms. The second-order valence-corrected chi connectivity index (χ2v) is 8.02. The van der Waals surface area contributed by atoms with Crippen LogP contribution in [0.2, 0.25) is 5.02 Å². The van der Waals surface area contributed by atoms with E-state index >= 15 is 0 Å². The van der Waals surface area contributed by atoms with Crippen molar-refractivity contribution in [1.29, 1.82) is 5.26 Å². The molecular formula is C28H24ClN3. The van der Waals surface area contributed by atoms with Crippen LogP contribution in [0.1, 0.15) is 30.9 Å². The smallest absolute Gasteiger partial charge is 0.151 e. The fourth-order valence-corrected chi connectivity index (χ4v) is 3.97. The van der Waals surface area contributed by atoms with Gasteiger partial charge in [0.05, 0.1) is 5.69 Å². The quantitative estimate of drug-likeness (QED) is 0.271. The van der Waals surface area contributed by atoms with E-state index in [0.29, 0.717) is 16.4 Å². The van der Waals surface area contributed by atoms with E-state index in [9.17, 15) is 5.26 Å². The van der Waals surface area contributed by atoms with Gasteiger partial charge in [-0.3, -0.25) is 0 Å². The molecule has 4 rings (SSSR count). The summed E-state index contributed by atoms with van der Waals surface area (Å²) in [4.78, 5) is 4.83. The molecule has 0 aliphatic heterocycles. The summed E-state index contributed by atoms with van der Waals surface area (Å²) in [7, 11) is 0. The van der Waals surface area contributed by atoms with E-state index in [1.54, 1.807) is 6.21 Å². The first-order chi connectivity index (χ1) is 15.7. The number of benzene rings is 3. The standard InChI is InChI=1S/C28H24ClN3/c1-2-3-18-32-27(23-12-8-5-9-13-23)26(22-10-6-4-7-11-22)25(19-30)28(32)31-20-21-14-16-24(29)17-15-21/h4-17,20H,2-3,18H2,1H3/b31-20+. The summed E-state index contributed by atoms with van der Waals surface area (Å²) in [5.41, 5.74) is 5.58. The van der Waals surface area contributed by atoms with Crippen molar-refractivity contribution in [3.05, 3.63) is 101 Å². The molecule has 0 radical (unpaired) electrons. The first kappa shape index (κ1) is 21.6. The molecule has 0 unspecified atom stereocenters. The van der Waals surface area contributed by atoms with E-state index in [1.807, 2.05) is 60.7 Å². The van der Waals surface area contributed by atoms with Crippen molar-refractivity contribution >= 4 is 23.6 Å². The summed E-state index contributed by atoms with van der Waals surface area (Å²) < 4.78 is 2.20. The highest BCUT2D eigenvalue weighted by Gasteiger charge is 2.24. The van der Waals surface area contributed by atoms with Crippen LogP contribution in [0, 0.1) is 11.3 Å². The van der Waals surface area contributed by atoms with Crippen molar-refractivity contribution in [2.45, 2.75) is 26.3 Å². The number of aromatic nitrogens is 1. The van der Waals surface area contributed by atoms with E-state index in [-0.39, 0.29) is 0 Å². The summed E-state index contributed by atoms with van der Waals surface area (Å²) >= 11 is 6.03. The van der Waals surface area contributed by atoms with Gasteiger partial charge in [0.25, 0.3) is 0 Å². The van der Waals surface area contributed by atoms with Gasteiger partial charge >= 0.3 is 0 Å². The molecule has 0 saturated heterocycles. The molecule has 32 heavy (non-hydrogen) atoms. The SMILES string of the molecule is CCCCn1c(/N=C/c2ccc(Cl)cc2)c(C#N)c(-c2ccccc2)c1-c1ccccc1. The molecule has 3 aromatic carbocycles. The third-order valence-corrected chi connectivity index (χ3v) is 5.65. The minimum absolute atomic E-state index is 0.594. The number of rotatable bonds is 7.